The number of hydrogen-bond donors (Lipinski definition) is 1. The fraction of sp³-hybridized carbons (Fsp3) is 0.0370. The van der Waals surface area contributed by atoms with Crippen molar-refractivity contribution in [3.05, 3.63) is 97.1 Å². The van der Waals surface area contributed by atoms with E-state index < -0.39 is 11.0 Å². The second-order valence-corrected chi connectivity index (χ2v) is 8.83. The summed E-state index contributed by atoms with van der Waals surface area (Å²) in [7, 11) is 0.142. The van der Waals surface area contributed by atoms with Gasteiger partial charge in [0.25, 0.3) is 0 Å². The highest BCUT2D eigenvalue weighted by molar-refractivity contribution is 7.86. The number of fused-ring (bicyclic) bond motifs is 1. The Bertz CT molecular complexity index is 1600. The molecule has 0 bridgehead atoms. The number of nitrogens with zero attached hydrogens (tertiary/aromatic N) is 4. The van der Waals surface area contributed by atoms with Gasteiger partial charge in [-0.05, 0) is 65.0 Å². The molecule has 35 heavy (non-hydrogen) atoms. The summed E-state index contributed by atoms with van der Waals surface area (Å²) in [5.74, 6) is 1.15. The van der Waals surface area contributed by atoms with E-state index in [0.717, 1.165) is 33.2 Å². The molecule has 0 aliphatic rings. The largest absolute Gasteiger partial charge is 0.496 e. The molecule has 7 nitrogen and oxygen atoms in total. The molecule has 3 aromatic carbocycles. The third kappa shape index (κ3) is 4.58. The Hall–Kier alpha value is -4.61. The lowest BCUT2D eigenvalue weighted by Gasteiger charge is -2.13. The van der Waals surface area contributed by atoms with Crippen molar-refractivity contribution in [3.63, 3.8) is 0 Å². The number of hydrogen-bond acceptors (Lipinski definition) is 6. The van der Waals surface area contributed by atoms with Gasteiger partial charge in [-0.25, -0.2) is 14.2 Å². The van der Waals surface area contributed by atoms with Gasteiger partial charge in [0.2, 0.25) is 0 Å². The Labute approximate surface area is 204 Å². The summed E-state index contributed by atoms with van der Waals surface area (Å²) >= 11 is 0. The maximum absolute atomic E-state index is 12.8. The quantitative estimate of drug-likeness (QED) is 0.353. The van der Waals surface area contributed by atoms with Crippen LogP contribution in [0.15, 0.2) is 96.4 Å². The summed E-state index contributed by atoms with van der Waals surface area (Å²) < 4.78 is 21.4. The predicted molar refractivity (Wildman–Crippen MR) is 136 cm³/mol. The van der Waals surface area contributed by atoms with Gasteiger partial charge in [0.1, 0.15) is 17.9 Å². The van der Waals surface area contributed by atoms with Crippen molar-refractivity contribution >= 4 is 27.6 Å². The lowest BCUT2D eigenvalue weighted by molar-refractivity contribution is 0.416. The SMILES string of the molecule is COc1cc(-c2cccc(C#N)c2)ccc1-c1nccc2cc(S(=O)Nc3ccncn3)ccc12. The normalized spacial score (nSPS) is 11.5. The van der Waals surface area contributed by atoms with Crippen LogP contribution in [-0.2, 0) is 11.0 Å². The average molecular weight is 478 g/mol. The van der Waals surface area contributed by atoms with E-state index in [1.54, 1.807) is 31.6 Å². The van der Waals surface area contributed by atoms with E-state index in [4.69, 9.17) is 4.74 Å². The van der Waals surface area contributed by atoms with Crippen molar-refractivity contribution in [2.45, 2.75) is 4.90 Å². The van der Waals surface area contributed by atoms with Crippen molar-refractivity contribution < 1.29 is 8.95 Å². The first-order valence-corrected chi connectivity index (χ1v) is 11.8. The number of methoxy groups -OCH3 is 1. The van der Waals surface area contributed by atoms with Crippen LogP contribution in [0.2, 0.25) is 0 Å². The Morgan fingerprint density at radius 1 is 0.943 bits per heavy atom. The van der Waals surface area contributed by atoms with Crippen LogP contribution in [0.5, 0.6) is 5.75 Å². The van der Waals surface area contributed by atoms with Crippen LogP contribution in [0.3, 0.4) is 0 Å². The van der Waals surface area contributed by atoms with Gasteiger partial charge in [0.05, 0.1) is 29.3 Å². The number of benzene rings is 3. The number of ether oxygens (including phenoxy) is 1. The molecule has 1 N–H and O–H groups in total. The van der Waals surface area contributed by atoms with E-state index >= 15 is 0 Å². The van der Waals surface area contributed by atoms with Crippen LogP contribution in [0, 0.1) is 11.3 Å². The molecule has 0 aliphatic carbocycles. The minimum Gasteiger partial charge on any atom is -0.496 e. The van der Waals surface area contributed by atoms with Crippen molar-refractivity contribution in [1.29, 1.82) is 5.26 Å². The zero-order valence-electron chi connectivity index (χ0n) is 18.7. The second kappa shape index (κ2) is 9.71. The molecule has 1 unspecified atom stereocenters. The molecule has 0 saturated heterocycles. The summed E-state index contributed by atoms with van der Waals surface area (Å²) in [6, 6.07) is 24.7. The molecule has 8 heteroatoms. The van der Waals surface area contributed by atoms with E-state index in [0.29, 0.717) is 22.0 Å². The van der Waals surface area contributed by atoms with E-state index in [1.165, 1.54) is 6.33 Å². The Kier molecular flexibility index (Phi) is 6.16. The first-order valence-electron chi connectivity index (χ1n) is 10.7. The van der Waals surface area contributed by atoms with Crippen LogP contribution in [0.1, 0.15) is 5.56 Å². The molecular weight excluding hydrogens is 458 g/mol. The molecule has 5 rings (SSSR count). The number of nitrogens with one attached hydrogen (secondary N) is 1. The molecule has 170 valence electrons. The molecule has 0 spiro atoms. The Morgan fingerprint density at radius 3 is 2.63 bits per heavy atom. The third-order valence-electron chi connectivity index (χ3n) is 5.51. The highest BCUT2D eigenvalue weighted by Gasteiger charge is 2.14. The van der Waals surface area contributed by atoms with Gasteiger partial charge < -0.3 is 4.74 Å². The van der Waals surface area contributed by atoms with Crippen LogP contribution in [0.4, 0.5) is 5.82 Å². The maximum atomic E-state index is 12.8. The predicted octanol–water partition coefficient (Wildman–Crippen LogP) is 5.37. The van der Waals surface area contributed by atoms with Crippen molar-refractivity contribution in [2.75, 3.05) is 11.8 Å². The smallest absolute Gasteiger partial charge is 0.151 e. The van der Waals surface area contributed by atoms with Crippen molar-refractivity contribution in [3.8, 4) is 34.2 Å². The van der Waals surface area contributed by atoms with Gasteiger partial charge in [-0.2, -0.15) is 5.26 Å². The zero-order chi connectivity index (χ0) is 24.2. The van der Waals surface area contributed by atoms with Crippen LogP contribution in [0.25, 0.3) is 33.2 Å². The van der Waals surface area contributed by atoms with Gasteiger partial charge in [-0.3, -0.25) is 9.71 Å². The molecule has 0 amide bonds. The van der Waals surface area contributed by atoms with Gasteiger partial charge in [-0.15, -0.1) is 0 Å². The summed E-state index contributed by atoms with van der Waals surface area (Å²) in [6.45, 7) is 0. The lowest BCUT2D eigenvalue weighted by atomic mass is 9.98. The van der Waals surface area contributed by atoms with Gasteiger partial charge >= 0.3 is 0 Å². The molecule has 0 radical (unpaired) electrons. The van der Waals surface area contributed by atoms with Crippen molar-refractivity contribution in [2.24, 2.45) is 0 Å². The van der Waals surface area contributed by atoms with Crippen molar-refractivity contribution in [1.82, 2.24) is 15.0 Å². The Morgan fingerprint density at radius 2 is 1.83 bits per heavy atom. The van der Waals surface area contributed by atoms with E-state index in [9.17, 15) is 9.47 Å². The highest BCUT2D eigenvalue weighted by Crippen LogP contribution is 2.37. The molecule has 0 fully saturated rings. The number of aromatic nitrogens is 3. The van der Waals surface area contributed by atoms with Gasteiger partial charge in [0.15, 0.2) is 11.0 Å². The number of rotatable bonds is 6. The minimum atomic E-state index is -1.48. The van der Waals surface area contributed by atoms with E-state index in [-0.39, 0.29) is 0 Å². The molecule has 0 aliphatic heterocycles. The standard InChI is InChI=1S/C27H19N5O2S/c1-34-25-15-20(19-4-2-3-18(13-19)16-28)5-7-24(25)27-23-8-6-22(14-21(23)9-12-30-27)35(33)32-26-10-11-29-17-31-26/h2-15,17H,1H3,(H,29,31,32). The van der Waals surface area contributed by atoms with E-state index in [1.807, 2.05) is 60.7 Å². The van der Waals surface area contributed by atoms with E-state index in [2.05, 4.69) is 25.7 Å². The first-order chi connectivity index (χ1) is 17.2. The molecule has 2 heterocycles. The summed E-state index contributed by atoms with van der Waals surface area (Å²) in [5, 5.41) is 11.0. The highest BCUT2D eigenvalue weighted by atomic mass is 32.2. The third-order valence-corrected chi connectivity index (χ3v) is 6.59. The summed E-state index contributed by atoms with van der Waals surface area (Å²) in [4.78, 5) is 13.2. The van der Waals surface area contributed by atoms with Crippen LogP contribution >= 0.6 is 0 Å². The number of pyridine rings is 1. The molecule has 0 saturated carbocycles. The van der Waals surface area contributed by atoms with Gasteiger partial charge in [0, 0.05) is 23.3 Å². The minimum absolute atomic E-state index is 0.485. The summed E-state index contributed by atoms with van der Waals surface area (Å²) in [6.07, 6.45) is 4.71. The monoisotopic (exact) mass is 477 g/mol. The fourth-order valence-electron chi connectivity index (χ4n) is 3.83. The molecule has 2 aromatic heterocycles. The lowest BCUT2D eigenvalue weighted by Crippen LogP contribution is -2.06. The first kappa shape index (κ1) is 22.2. The maximum Gasteiger partial charge on any atom is 0.151 e. The second-order valence-electron chi connectivity index (χ2n) is 7.62. The number of nitriles is 1. The topological polar surface area (TPSA) is 101 Å². The summed E-state index contributed by atoms with van der Waals surface area (Å²) in [5.41, 5.74) is 4.08. The molecule has 5 aromatic rings. The Balaban J connectivity index is 1.52. The van der Waals surface area contributed by atoms with Crippen LogP contribution < -0.4 is 9.46 Å². The number of anilines is 1. The van der Waals surface area contributed by atoms with Crippen LogP contribution in [-0.4, -0.2) is 26.3 Å². The fourth-order valence-corrected chi connectivity index (χ4v) is 4.68. The molecule has 1 atom stereocenters. The average Bonchev–Trinajstić information content (AvgIpc) is 2.92. The molecular formula is C27H19N5O2S. The van der Waals surface area contributed by atoms with Gasteiger partial charge in [-0.1, -0.05) is 24.3 Å². The zero-order valence-corrected chi connectivity index (χ0v) is 19.5.